The highest BCUT2D eigenvalue weighted by Crippen LogP contribution is 2.55. The lowest BCUT2D eigenvalue weighted by Gasteiger charge is -2.31. The molecule has 1 aliphatic heterocycles. The van der Waals surface area contributed by atoms with Crippen molar-refractivity contribution in [2.45, 2.75) is 37.6 Å². The molecule has 0 saturated carbocycles. The van der Waals surface area contributed by atoms with Crippen LogP contribution >= 0.6 is 11.6 Å². The number of hydrogen-bond acceptors (Lipinski definition) is 6. The summed E-state index contributed by atoms with van der Waals surface area (Å²) in [6, 6.07) is 6.82. The topological polar surface area (TPSA) is 97.8 Å². The van der Waals surface area contributed by atoms with Gasteiger partial charge < -0.3 is 19.9 Å². The standard InChI is InChI=1S/C21H20ClF3N2O5/c1-10-15(12-5-4-6-13(22)16(12)28)17(32-20(10,2)21(23,24)25)18(29)27-11-7-8-26-14(9-11)19(30)31-3/h4-10,15,17,28H,1-3H3,(H,26,27,29)/t10-,15-,17+,20+/m0/s1. The van der Waals surface area contributed by atoms with E-state index in [0.29, 0.717) is 0 Å². The first-order valence-electron chi connectivity index (χ1n) is 9.48. The summed E-state index contributed by atoms with van der Waals surface area (Å²) >= 11 is 5.95. The van der Waals surface area contributed by atoms with Crippen LogP contribution in [0.15, 0.2) is 36.5 Å². The molecule has 0 aliphatic carbocycles. The summed E-state index contributed by atoms with van der Waals surface area (Å²) in [5.41, 5.74) is -2.60. The van der Waals surface area contributed by atoms with E-state index >= 15 is 0 Å². The summed E-state index contributed by atoms with van der Waals surface area (Å²) in [6.07, 6.45) is -5.17. The van der Waals surface area contributed by atoms with E-state index in [2.05, 4.69) is 15.0 Å². The number of halogens is 4. The van der Waals surface area contributed by atoms with E-state index in [1.807, 2.05) is 0 Å². The molecule has 172 valence electrons. The van der Waals surface area contributed by atoms with Crippen LogP contribution in [0.2, 0.25) is 5.02 Å². The monoisotopic (exact) mass is 472 g/mol. The third-order valence-electron chi connectivity index (χ3n) is 5.73. The van der Waals surface area contributed by atoms with Crippen molar-refractivity contribution in [1.82, 2.24) is 4.98 Å². The van der Waals surface area contributed by atoms with Crippen LogP contribution in [0.25, 0.3) is 0 Å². The van der Waals surface area contributed by atoms with E-state index in [4.69, 9.17) is 16.3 Å². The van der Waals surface area contributed by atoms with Gasteiger partial charge in [-0.2, -0.15) is 13.2 Å². The quantitative estimate of drug-likeness (QED) is 0.644. The van der Waals surface area contributed by atoms with Crippen molar-refractivity contribution in [3.63, 3.8) is 0 Å². The molecule has 1 amide bonds. The lowest BCUT2D eigenvalue weighted by Crippen LogP contribution is -2.47. The fraction of sp³-hybridized carbons (Fsp3) is 0.381. The van der Waals surface area contributed by atoms with Gasteiger partial charge in [-0.3, -0.25) is 4.79 Å². The van der Waals surface area contributed by atoms with Gasteiger partial charge in [-0.05, 0) is 25.1 Å². The second kappa shape index (κ2) is 8.59. The molecule has 1 aromatic carbocycles. The summed E-state index contributed by atoms with van der Waals surface area (Å²) in [5.74, 6) is -4.47. The number of aromatic nitrogens is 1. The first kappa shape index (κ1) is 23.8. The molecule has 1 saturated heterocycles. The Kier molecular flexibility index (Phi) is 6.39. The van der Waals surface area contributed by atoms with E-state index in [9.17, 15) is 27.9 Å². The van der Waals surface area contributed by atoms with Crippen molar-refractivity contribution in [1.29, 1.82) is 0 Å². The molecule has 1 fully saturated rings. The number of alkyl halides is 3. The number of ether oxygens (including phenoxy) is 2. The molecule has 32 heavy (non-hydrogen) atoms. The van der Waals surface area contributed by atoms with Crippen molar-refractivity contribution >= 4 is 29.2 Å². The Morgan fingerprint density at radius 1 is 1.31 bits per heavy atom. The SMILES string of the molecule is COC(=O)c1cc(NC(=O)[C@@H]2O[C@@](C)(C(F)(F)F)[C@@H](C)[C@H]2c2cccc(Cl)c2O)ccn1. The number of phenolic OH excluding ortho intramolecular Hbond substituents is 1. The zero-order chi connectivity index (χ0) is 23.8. The molecule has 2 aromatic rings. The minimum Gasteiger partial charge on any atom is -0.506 e. The number of carbonyl (C=O) groups is 2. The molecular weight excluding hydrogens is 453 g/mol. The molecular formula is C21H20ClF3N2O5. The van der Waals surface area contributed by atoms with Gasteiger partial charge in [0.15, 0.2) is 5.60 Å². The molecule has 3 rings (SSSR count). The lowest BCUT2D eigenvalue weighted by molar-refractivity contribution is -0.272. The van der Waals surface area contributed by atoms with Gasteiger partial charge in [0.1, 0.15) is 17.5 Å². The van der Waals surface area contributed by atoms with Crippen molar-refractivity contribution in [3.8, 4) is 5.75 Å². The number of nitrogens with zero attached hydrogens (tertiary/aromatic N) is 1. The summed E-state index contributed by atoms with van der Waals surface area (Å²) in [5, 5.41) is 12.8. The number of esters is 1. The molecule has 11 heteroatoms. The number of methoxy groups -OCH3 is 1. The molecule has 1 aliphatic rings. The molecule has 0 radical (unpaired) electrons. The minimum absolute atomic E-state index is 0.0584. The van der Waals surface area contributed by atoms with Crippen LogP contribution in [0, 0.1) is 5.92 Å². The van der Waals surface area contributed by atoms with Crippen molar-refractivity contribution in [2.24, 2.45) is 5.92 Å². The Balaban J connectivity index is 2.01. The fourth-order valence-electron chi connectivity index (χ4n) is 3.76. The first-order valence-corrected chi connectivity index (χ1v) is 9.85. The number of pyridine rings is 1. The molecule has 2 heterocycles. The first-order chi connectivity index (χ1) is 14.9. The predicted octanol–water partition coefficient (Wildman–Crippen LogP) is 4.31. The van der Waals surface area contributed by atoms with Gasteiger partial charge >= 0.3 is 12.1 Å². The Hall–Kier alpha value is -2.85. The second-order valence-corrected chi connectivity index (χ2v) is 7.95. The van der Waals surface area contributed by atoms with Gasteiger partial charge in [-0.1, -0.05) is 30.7 Å². The van der Waals surface area contributed by atoms with Crippen LogP contribution in [0.5, 0.6) is 5.75 Å². The van der Waals surface area contributed by atoms with Crippen molar-refractivity contribution in [2.75, 3.05) is 12.4 Å². The number of phenols is 1. The predicted molar refractivity (Wildman–Crippen MR) is 109 cm³/mol. The average molecular weight is 473 g/mol. The van der Waals surface area contributed by atoms with Crippen molar-refractivity contribution in [3.05, 3.63) is 52.8 Å². The van der Waals surface area contributed by atoms with Crippen LogP contribution in [-0.2, 0) is 14.3 Å². The minimum atomic E-state index is -4.79. The maximum absolute atomic E-state index is 13.9. The number of carbonyl (C=O) groups excluding carboxylic acids is 2. The average Bonchev–Trinajstić information content (AvgIpc) is 3.02. The molecule has 4 atom stereocenters. The molecule has 7 nitrogen and oxygen atoms in total. The Morgan fingerprint density at radius 2 is 2.00 bits per heavy atom. The van der Waals surface area contributed by atoms with E-state index in [-0.39, 0.29) is 22.0 Å². The maximum atomic E-state index is 13.9. The number of anilines is 1. The van der Waals surface area contributed by atoms with Crippen LogP contribution in [0.3, 0.4) is 0 Å². The molecule has 0 unspecified atom stereocenters. The number of nitrogens with one attached hydrogen (secondary N) is 1. The zero-order valence-corrected chi connectivity index (χ0v) is 18.0. The smallest absolute Gasteiger partial charge is 0.417 e. The fourth-order valence-corrected chi connectivity index (χ4v) is 3.94. The maximum Gasteiger partial charge on any atom is 0.417 e. The molecule has 1 aromatic heterocycles. The summed E-state index contributed by atoms with van der Waals surface area (Å²) in [6.45, 7) is 2.16. The van der Waals surface area contributed by atoms with Gasteiger partial charge in [0.25, 0.3) is 5.91 Å². The highest BCUT2D eigenvalue weighted by molar-refractivity contribution is 6.32. The number of hydrogen-bond donors (Lipinski definition) is 2. The van der Waals surface area contributed by atoms with Crippen LogP contribution < -0.4 is 5.32 Å². The largest absolute Gasteiger partial charge is 0.506 e. The summed E-state index contributed by atoms with van der Waals surface area (Å²) in [4.78, 5) is 28.5. The summed E-state index contributed by atoms with van der Waals surface area (Å²) in [7, 11) is 1.16. The second-order valence-electron chi connectivity index (χ2n) is 7.55. The Labute approximate surface area is 186 Å². The van der Waals surface area contributed by atoms with Crippen LogP contribution in [0.1, 0.15) is 35.8 Å². The van der Waals surface area contributed by atoms with E-state index in [1.165, 1.54) is 43.5 Å². The van der Waals surface area contributed by atoms with Gasteiger partial charge in [0.2, 0.25) is 0 Å². The van der Waals surface area contributed by atoms with Gasteiger partial charge in [-0.25, -0.2) is 9.78 Å². The van der Waals surface area contributed by atoms with Crippen LogP contribution in [0.4, 0.5) is 18.9 Å². The number of para-hydroxylation sites is 1. The highest BCUT2D eigenvalue weighted by atomic mass is 35.5. The normalized spacial score (nSPS) is 25.4. The molecule has 2 N–H and O–H groups in total. The van der Waals surface area contributed by atoms with Gasteiger partial charge in [0, 0.05) is 29.3 Å². The number of amides is 1. The van der Waals surface area contributed by atoms with E-state index in [0.717, 1.165) is 14.0 Å². The number of benzene rings is 1. The lowest BCUT2D eigenvalue weighted by atomic mass is 9.77. The molecule has 0 spiro atoms. The zero-order valence-electron chi connectivity index (χ0n) is 17.2. The number of aromatic hydroxyl groups is 1. The van der Waals surface area contributed by atoms with E-state index < -0.39 is 47.3 Å². The summed E-state index contributed by atoms with van der Waals surface area (Å²) < 4.78 is 51.6. The van der Waals surface area contributed by atoms with Gasteiger partial charge in [-0.15, -0.1) is 0 Å². The van der Waals surface area contributed by atoms with Crippen molar-refractivity contribution < 1.29 is 37.3 Å². The highest BCUT2D eigenvalue weighted by Gasteiger charge is 2.65. The van der Waals surface area contributed by atoms with Crippen LogP contribution in [-0.4, -0.2) is 47.0 Å². The Bertz CT molecular complexity index is 1050. The third-order valence-corrected chi connectivity index (χ3v) is 6.03. The number of rotatable bonds is 4. The Morgan fingerprint density at radius 3 is 2.62 bits per heavy atom. The van der Waals surface area contributed by atoms with Gasteiger partial charge in [0.05, 0.1) is 12.1 Å². The third kappa shape index (κ3) is 4.12. The molecule has 0 bridgehead atoms. The van der Waals surface area contributed by atoms with E-state index in [1.54, 1.807) is 0 Å².